The Morgan fingerprint density at radius 2 is 1.67 bits per heavy atom. The lowest BCUT2D eigenvalue weighted by Gasteiger charge is -2.05. The molecule has 3 rings (SSSR count). The van der Waals surface area contributed by atoms with Gasteiger partial charge in [-0.15, -0.1) is 0 Å². The van der Waals surface area contributed by atoms with E-state index in [2.05, 4.69) is 45.9 Å². The van der Waals surface area contributed by atoms with Crippen LogP contribution in [-0.2, 0) is 9.53 Å². The van der Waals surface area contributed by atoms with Crippen LogP contribution in [0, 0.1) is 13.8 Å². The lowest BCUT2D eigenvalue weighted by Crippen LogP contribution is -1.97. The summed E-state index contributed by atoms with van der Waals surface area (Å²) in [6.45, 7) is 8.46. The van der Waals surface area contributed by atoms with Crippen LogP contribution >= 0.6 is 0 Å². The van der Waals surface area contributed by atoms with Gasteiger partial charge >= 0.3 is 5.97 Å². The Kier molecular flexibility index (Phi) is 4.39. The Bertz CT molecular complexity index is 837. The minimum atomic E-state index is -0.295. The molecule has 122 valence electrons. The molecule has 0 saturated carbocycles. The highest BCUT2D eigenvalue weighted by molar-refractivity contribution is 6.05. The molecule has 0 aliphatic carbocycles. The molecule has 0 atom stereocenters. The third kappa shape index (κ3) is 3.33. The molecule has 1 heterocycles. The maximum absolute atomic E-state index is 12.1. The quantitative estimate of drug-likeness (QED) is 0.559. The van der Waals surface area contributed by atoms with E-state index < -0.39 is 0 Å². The third-order valence-electron chi connectivity index (χ3n) is 4.44. The van der Waals surface area contributed by atoms with Crippen LogP contribution in [0.15, 0.2) is 54.1 Å². The van der Waals surface area contributed by atoms with Crippen LogP contribution in [-0.4, -0.2) is 5.97 Å². The van der Waals surface area contributed by atoms with E-state index in [-0.39, 0.29) is 5.97 Å². The summed E-state index contributed by atoms with van der Waals surface area (Å²) in [5.74, 6) is 0.823. The molecule has 2 aromatic carbocycles. The summed E-state index contributed by atoms with van der Waals surface area (Å²) < 4.78 is 5.44. The lowest BCUT2D eigenvalue weighted by molar-refractivity contribution is -0.130. The summed E-state index contributed by atoms with van der Waals surface area (Å²) in [5, 5.41) is 0. The second kappa shape index (κ2) is 6.48. The number of esters is 1. The van der Waals surface area contributed by atoms with Crippen molar-refractivity contribution in [3.63, 3.8) is 0 Å². The van der Waals surface area contributed by atoms with Crippen molar-refractivity contribution >= 4 is 17.8 Å². The highest BCUT2D eigenvalue weighted by Gasteiger charge is 2.22. The summed E-state index contributed by atoms with van der Waals surface area (Å²) in [6.07, 6.45) is 3.70. The number of cyclic esters (lactones) is 1. The van der Waals surface area contributed by atoms with Crippen LogP contribution in [0.5, 0.6) is 0 Å². The summed E-state index contributed by atoms with van der Waals surface area (Å²) in [7, 11) is 0. The number of carbonyl (C=O) groups excluding carboxylic acids is 1. The van der Waals surface area contributed by atoms with Gasteiger partial charge in [0.25, 0.3) is 0 Å². The number of hydrogen-bond donors (Lipinski definition) is 0. The molecule has 2 heteroatoms. The van der Waals surface area contributed by atoms with E-state index in [4.69, 9.17) is 4.74 Å². The van der Waals surface area contributed by atoms with Gasteiger partial charge in [-0.25, -0.2) is 4.79 Å². The van der Waals surface area contributed by atoms with Crippen LogP contribution in [0.3, 0.4) is 0 Å². The smallest absolute Gasteiger partial charge is 0.343 e. The number of hydrogen-bond acceptors (Lipinski definition) is 2. The highest BCUT2D eigenvalue weighted by Crippen LogP contribution is 2.28. The van der Waals surface area contributed by atoms with Gasteiger partial charge in [0.2, 0.25) is 0 Å². The molecule has 0 bridgehead atoms. The fraction of sp³-hybridized carbons (Fsp3) is 0.227. The number of ether oxygens (including phenoxy) is 1. The van der Waals surface area contributed by atoms with Crippen LogP contribution in [0.4, 0.5) is 0 Å². The first-order chi connectivity index (χ1) is 11.4. The van der Waals surface area contributed by atoms with Gasteiger partial charge in [-0.2, -0.15) is 0 Å². The first-order valence-corrected chi connectivity index (χ1v) is 8.27. The van der Waals surface area contributed by atoms with Gasteiger partial charge in [0.15, 0.2) is 0 Å². The lowest BCUT2D eigenvalue weighted by atomic mass is 10.0. The van der Waals surface area contributed by atoms with Crippen molar-refractivity contribution in [1.82, 2.24) is 0 Å². The van der Waals surface area contributed by atoms with Gasteiger partial charge in [0.1, 0.15) is 5.76 Å². The zero-order chi connectivity index (χ0) is 17.3. The van der Waals surface area contributed by atoms with Crippen molar-refractivity contribution in [2.75, 3.05) is 0 Å². The van der Waals surface area contributed by atoms with Gasteiger partial charge in [-0.3, -0.25) is 0 Å². The third-order valence-corrected chi connectivity index (χ3v) is 4.44. The zero-order valence-corrected chi connectivity index (χ0v) is 14.6. The maximum Gasteiger partial charge on any atom is 0.343 e. The SMILES string of the molecule is Cc1ccc(C2=CC(=Cc3ccc(C(C)C)cc3)C(=O)O2)cc1C. The molecule has 2 aromatic rings. The maximum atomic E-state index is 12.1. The van der Waals surface area contributed by atoms with Crippen molar-refractivity contribution in [2.45, 2.75) is 33.6 Å². The first kappa shape index (κ1) is 16.3. The Morgan fingerprint density at radius 1 is 0.958 bits per heavy atom. The molecule has 2 nitrogen and oxygen atoms in total. The molecular formula is C22H22O2. The molecule has 0 saturated heterocycles. The average molecular weight is 318 g/mol. The summed E-state index contributed by atoms with van der Waals surface area (Å²) in [4.78, 5) is 12.1. The van der Waals surface area contributed by atoms with E-state index >= 15 is 0 Å². The Labute approximate surface area is 143 Å². The van der Waals surface area contributed by atoms with E-state index in [1.807, 2.05) is 36.4 Å². The molecule has 0 aromatic heterocycles. The molecule has 0 N–H and O–H groups in total. The van der Waals surface area contributed by atoms with Gasteiger partial charge in [-0.05, 0) is 60.2 Å². The van der Waals surface area contributed by atoms with E-state index in [0.717, 1.165) is 11.1 Å². The molecule has 24 heavy (non-hydrogen) atoms. The average Bonchev–Trinajstić information content (AvgIpc) is 2.91. The molecule has 0 amide bonds. The number of carbonyl (C=O) groups is 1. The Balaban J connectivity index is 1.89. The van der Waals surface area contributed by atoms with Gasteiger partial charge in [-0.1, -0.05) is 50.2 Å². The molecule has 0 unspecified atom stereocenters. The molecule has 1 aliphatic heterocycles. The molecule has 0 radical (unpaired) electrons. The largest absolute Gasteiger partial charge is 0.422 e. The van der Waals surface area contributed by atoms with Crippen LogP contribution in [0.25, 0.3) is 11.8 Å². The topological polar surface area (TPSA) is 26.3 Å². The fourth-order valence-electron chi connectivity index (χ4n) is 2.68. The monoisotopic (exact) mass is 318 g/mol. The van der Waals surface area contributed by atoms with Crippen LogP contribution in [0.1, 0.15) is 47.6 Å². The van der Waals surface area contributed by atoms with Gasteiger partial charge in [0.05, 0.1) is 5.57 Å². The van der Waals surface area contributed by atoms with Gasteiger partial charge in [0, 0.05) is 5.56 Å². The minimum absolute atomic E-state index is 0.295. The standard InChI is InChI=1S/C22H22O2/c1-14(2)18-9-6-17(7-10-18)12-20-13-21(24-22(20)23)19-8-5-15(3)16(4)11-19/h5-14H,1-4H3. The van der Waals surface area contributed by atoms with Crippen LogP contribution in [0.2, 0.25) is 0 Å². The molecule has 0 spiro atoms. The molecule has 0 fully saturated rings. The molecular weight excluding hydrogens is 296 g/mol. The number of aryl methyl sites for hydroxylation is 2. The number of rotatable bonds is 3. The van der Waals surface area contributed by atoms with E-state index in [0.29, 0.717) is 17.3 Å². The van der Waals surface area contributed by atoms with E-state index in [9.17, 15) is 4.79 Å². The van der Waals surface area contributed by atoms with Crippen molar-refractivity contribution in [2.24, 2.45) is 0 Å². The van der Waals surface area contributed by atoms with Crippen molar-refractivity contribution < 1.29 is 9.53 Å². The fourth-order valence-corrected chi connectivity index (χ4v) is 2.68. The highest BCUT2D eigenvalue weighted by atomic mass is 16.5. The van der Waals surface area contributed by atoms with Crippen molar-refractivity contribution in [3.8, 4) is 0 Å². The summed E-state index contributed by atoms with van der Waals surface area (Å²) >= 11 is 0. The molecule has 1 aliphatic rings. The van der Waals surface area contributed by atoms with E-state index in [1.165, 1.54) is 16.7 Å². The predicted octanol–water partition coefficient (Wildman–Crippen LogP) is 5.41. The number of benzene rings is 2. The second-order valence-electron chi connectivity index (χ2n) is 6.62. The predicted molar refractivity (Wildman–Crippen MR) is 98.5 cm³/mol. The van der Waals surface area contributed by atoms with Crippen LogP contribution < -0.4 is 0 Å². The van der Waals surface area contributed by atoms with E-state index in [1.54, 1.807) is 0 Å². The van der Waals surface area contributed by atoms with Crippen molar-refractivity contribution in [1.29, 1.82) is 0 Å². The van der Waals surface area contributed by atoms with Crippen molar-refractivity contribution in [3.05, 3.63) is 81.9 Å². The second-order valence-corrected chi connectivity index (χ2v) is 6.62. The summed E-state index contributed by atoms with van der Waals surface area (Å²) in [5.41, 5.74) is 6.22. The first-order valence-electron chi connectivity index (χ1n) is 8.27. The summed E-state index contributed by atoms with van der Waals surface area (Å²) in [6, 6.07) is 14.4. The Hall–Kier alpha value is -2.61. The normalized spacial score (nSPS) is 15.8. The van der Waals surface area contributed by atoms with Gasteiger partial charge < -0.3 is 4.74 Å². The zero-order valence-electron chi connectivity index (χ0n) is 14.6. The Morgan fingerprint density at radius 3 is 2.29 bits per heavy atom. The minimum Gasteiger partial charge on any atom is -0.422 e.